The van der Waals surface area contributed by atoms with Crippen molar-refractivity contribution >= 4 is 11.9 Å². The summed E-state index contributed by atoms with van der Waals surface area (Å²) in [5, 5.41) is 11.8. The van der Waals surface area contributed by atoms with E-state index in [9.17, 15) is 9.59 Å². The van der Waals surface area contributed by atoms with Crippen LogP contribution in [-0.2, 0) is 9.59 Å². The maximum atomic E-state index is 11.5. The van der Waals surface area contributed by atoms with E-state index in [1.54, 1.807) is 0 Å². The van der Waals surface area contributed by atoms with Crippen LogP contribution in [0.5, 0.6) is 0 Å². The Balaban J connectivity index is 2.08. The molecule has 1 fully saturated rings. The van der Waals surface area contributed by atoms with Crippen molar-refractivity contribution in [3.05, 3.63) is 0 Å². The lowest BCUT2D eigenvalue weighted by molar-refractivity contribution is -0.138. The van der Waals surface area contributed by atoms with Crippen molar-refractivity contribution in [1.82, 2.24) is 10.2 Å². The zero-order chi connectivity index (χ0) is 14.8. The Kier molecular flexibility index (Phi) is 8.26. The third-order valence-corrected chi connectivity index (χ3v) is 3.86. The first-order valence-electron chi connectivity index (χ1n) is 7.86. The zero-order valence-electron chi connectivity index (χ0n) is 12.6. The molecule has 116 valence electrons. The smallest absolute Gasteiger partial charge is 0.304 e. The Hall–Kier alpha value is -1.10. The van der Waals surface area contributed by atoms with Crippen molar-refractivity contribution in [1.29, 1.82) is 0 Å². The van der Waals surface area contributed by atoms with Crippen LogP contribution < -0.4 is 5.32 Å². The van der Waals surface area contributed by atoms with Crippen molar-refractivity contribution in [2.24, 2.45) is 0 Å². The summed E-state index contributed by atoms with van der Waals surface area (Å²) in [7, 11) is 0. The molecule has 0 aromatic heterocycles. The van der Waals surface area contributed by atoms with Crippen LogP contribution in [0.25, 0.3) is 0 Å². The lowest BCUT2D eigenvalue weighted by Crippen LogP contribution is -2.34. The highest BCUT2D eigenvalue weighted by Crippen LogP contribution is 2.19. The average molecular weight is 284 g/mol. The Morgan fingerprint density at radius 2 is 2.10 bits per heavy atom. The van der Waals surface area contributed by atoms with Gasteiger partial charge in [-0.2, -0.15) is 0 Å². The fourth-order valence-electron chi connectivity index (χ4n) is 2.76. The van der Waals surface area contributed by atoms with Gasteiger partial charge in [0.15, 0.2) is 0 Å². The van der Waals surface area contributed by atoms with Crippen LogP contribution in [0.15, 0.2) is 0 Å². The normalized spacial score (nSPS) is 19.1. The molecule has 0 bridgehead atoms. The van der Waals surface area contributed by atoms with Crippen molar-refractivity contribution in [3.8, 4) is 0 Å². The quantitative estimate of drug-likeness (QED) is 0.602. The Morgan fingerprint density at radius 3 is 2.80 bits per heavy atom. The molecule has 5 nitrogen and oxygen atoms in total. The second kappa shape index (κ2) is 9.75. The van der Waals surface area contributed by atoms with E-state index in [1.807, 2.05) is 0 Å². The van der Waals surface area contributed by atoms with Crippen LogP contribution in [0.4, 0.5) is 0 Å². The van der Waals surface area contributed by atoms with E-state index in [1.165, 1.54) is 0 Å². The van der Waals surface area contributed by atoms with Gasteiger partial charge in [-0.15, -0.1) is 0 Å². The van der Waals surface area contributed by atoms with E-state index in [0.717, 1.165) is 51.6 Å². The van der Waals surface area contributed by atoms with Gasteiger partial charge in [-0.05, 0) is 32.2 Å². The molecule has 0 aromatic rings. The number of unbranched alkanes of at least 4 members (excludes halogenated alkanes) is 2. The molecule has 1 unspecified atom stereocenters. The summed E-state index contributed by atoms with van der Waals surface area (Å²) in [5.74, 6) is -0.576. The van der Waals surface area contributed by atoms with Gasteiger partial charge in [-0.1, -0.05) is 19.8 Å². The molecule has 0 radical (unpaired) electrons. The molecule has 20 heavy (non-hydrogen) atoms. The molecule has 0 spiro atoms. The maximum absolute atomic E-state index is 11.5. The summed E-state index contributed by atoms with van der Waals surface area (Å²) in [4.78, 5) is 24.5. The number of carbonyl (C=O) groups excluding carboxylic acids is 1. The number of likely N-dealkylation sites (tertiary alicyclic amines) is 1. The minimum atomic E-state index is -0.717. The molecule has 0 aromatic carbocycles. The number of rotatable bonds is 10. The number of carbonyl (C=O) groups is 2. The molecule has 1 rings (SSSR count). The molecule has 1 heterocycles. The number of nitrogens with one attached hydrogen (secondary N) is 1. The molecule has 1 aliphatic rings. The number of hydrogen-bond donors (Lipinski definition) is 2. The Morgan fingerprint density at radius 1 is 1.30 bits per heavy atom. The van der Waals surface area contributed by atoms with E-state index in [0.29, 0.717) is 13.0 Å². The molecule has 2 N–H and O–H groups in total. The summed E-state index contributed by atoms with van der Waals surface area (Å²) in [6, 6.07) is 0.188. The fourth-order valence-corrected chi connectivity index (χ4v) is 2.76. The SMILES string of the molecule is CCCCCC(=O)NCCCN1CCCC1CC(=O)O. The molecule has 1 saturated heterocycles. The van der Waals surface area contributed by atoms with Gasteiger partial charge in [0, 0.05) is 25.6 Å². The van der Waals surface area contributed by atoms with E-state index in [2.05, 4.69) is 17.1 Å². The summed E-state index contributed by atoms with van der Waals surface area (Å²) in [6.45, 7) is 4.69. The molecule has 0 saturated carbocycles. The van der Waals surface area contributed by atoms with Gasteiger partial charge in [0.05, 0.1) is 6.42 Å². The van der Waals surface area contributed by atoms with E-state index >= 15 is 0 Å². The topological polar surface area (TPSA) is 69.6 Å². The molecule has 5 heteroatoms. The van der Waals surface area contributed by atoms with Gasteiger partial charge in [0.2, 0.25) is 5.91 Å². The third-order valence-electron chi connectivity index (χ3n) is 3.86. The van der Waals surface area contributed by atoms with Crippen molar-refractivity contribution < 1.29 is 14.7 Å². The highest BCUT2D eigenvalue weighted by Gasteiger charge is 2.25. The summed E-state index contributed by atoms with van der Waals surface area (Å²) < 4.78 is 0. The fraction of sp³-hybridized carbons (Fsp3) is 0.867. The average Bonchev–Trinajstić information content (AvgIpc) is 2.81. The molecule has 1 aliphatic heterocycles. The lowest BCUT2D eigenvalue weighted by Gasteiger charge is -2.22. The van der Waals surface area contributed by atoms with Gasteiger partial charge >= 0.3 is 5.97 Å². The minimum absolute atomic E-state index is 0.141. The number of carboxylic acid groups (broad SMARTS) is 1. The van der Waals surface area contributed by atoms with Crippen LogP contribution in [0, 0.1) is 0 Å². The predicted molar refractivity (Wildman–Crippen MR) is 78.6 cm³/mol. The van der Waals surface area contributed by atoms with Crippen LogP contribution in [0.2, 0.25) is 0 Å². The molecule has 1 amide bonds. The monoisotopic (exact) mass is 284 g/mol. The number of carboxylic acids is 1. The van der Waals surface area contributed by atoms with Gasteiger partial charge in [-0.3, -0.25) is 14.5 Å². The zero-order valence-corrected chi connectivity index (χ0v) is 12.6. The van der Waals surface area contributed by atoms with E-state index in [-0.39, 0.29) is 18.4 Å². The van der Waals surface area contributed by atoms with Gasteiger partial charge < -0.3 is 10.4 Å². The highest BCUT2D eigenvalue weighted by molar-refractivity contribution is 5.75. The molecule has 1 atom stereocenters. The molecule has 0 aliphatic carbocycles. The Bertz CT molecular complexity index is 307. The van der Waals surface area contributed by atoms with Gasteiger partial charge in [-0.25, -0.2) is 0 Å². The summed E-state index contributed by atoms with van der Waals surface area (Å²) in [5.41, 5.74) is 0. The third kappa shape index (κ3) is 6.89. The number of amides is 1. The first-order chi connectivity index (χ1) is 9.63. The first-order valence-corrected chi connectivity index (χ1v) is 7.86. The van der Waals surface area contributed by atoms with Crippen LogP contribution in [-0.4, -0.2) is 47.6 Å². The Labute approximate surface area is 121 Å². The van der Waals surface area contributed by atoms with Crippen LogP contribution in [0.1, 0.15) is 58.3 Å². The van der Waals surface area contributed by atoms with Crippen LogP contribution in [0.3, 0.4) is 0 Å². The van der Waals surface area contributed by atoms with Crippen LogP contribution >= 0.6 is 0 Å². The van der Waals surface area contributed by atoms with E-state index in [4.69, 9.17) is 5.11 Å². The van der Waals surface area contributed by atoms with Crippen molar-refractivity contribution in [2.45, 2.75) is 64.3 Å². The first kappa shape index (κ1) is 17.0. The molecular weight excluding hydrogens is 256 g/mol. The standard InChI is InChI=1S/C15H28N2O3/c1-2-3-4-8-14(18)16-9-6-11-17-10-5-7-13(17)12-15(19)20/h13H,2-12H2,1H3,(H,16,18)(H,19,20). The predicted octanol–water partition coefficient (Wildman–Crippen LogP) is 2.01. The number of aliphatic carboxylic acids is 1. The van der Waals surface area contributed by atoms with Crippen molar-refractivity contribution in [2.75, 3.05) is 19.6 Å². The summed E-state index contributed by atoms with van der Waals surface area (Å²) >= 11 is 0. The second-order valence-corrected chi connectivity index (χ2v) is 5.59. The number of nitrogens with zero attached hydrogens (tertiary/aromatic N) is 1. The second-order valence-electron chi connectivity index (χ2n) is 5.59. The highest BCUT2D eigenvalue weighted by atomic mass is 16.4. The lowest BCUT2D eigenvalue weighted by atomic mass is 10.1. The minimum Gasteiger partial charge on any atom is -0.481 e. The van der Waals surface area contributed by atoms with Crippen molar-refractivity contribution in [3.63, 3.8) is 0 Å². The summed E-state index contributed by atoms with van der Waals surface area (Å²) in [6.07, 6.45) is 7.04. The van der Waals surface area contributed by atoms with E-state index < -0.39 is 5.97 Å². The van der Waals surface area contributed by atoms with Gasteiger partial charge in [0.1, 0.15) is 0 Å². The van der Waals surface area contributed by atoms with Gasteiger partial charge in [0.25, 0.3) is 0 Å². The largest absolute Gasteiger partial charge is 0.481 e. The molecular formula is C15H28N2O3. The maximum Gasteiger partial charge on any atom is 0.304 e. The number of hydrogen-bond acceptors (Lipinski definition) is 3.